The number of hydrogen-bond donors (Lipinski definition) is 1. The maximum absolute atomic E-state index is 13.0. The van der Waals surface area contributed by atoms with E-state index in [0.29, 0.717) is 5.52 Å². The van der Waals surface area contributed by atoms with E-state index in [1.165, 1.54) is 13.0 Å². The van der Waals surface area contributed by atoms with Crippen LogP contribution in [-0.2, 0) is 9.59 Å². The number of rotatable bonds is 1. The zero-order valence-electron chi connectivity index (χ0n) is 15.0. The normalized spacial score (nSPS) is 27.0. The highest BCUT2D eigenvalue weighted by molar-refractivity contribution is 6.01. The molecule has 0 spiro atoms. The summed E-state index contributed by atoms with van der Waals surface area (Å²) in [7, 11) is 0. The first-order valence-electron chi connectivity index (χ1n) is 8.43. The average Bonchev–Trinajstić information content (AvgIpc) is 2.58. The van der Waals surface area contributed by atoms with Gasteiger partial charge in [-0.1, -0.05) is 6.07 Å². The Morgan fingerprint density at radius 3 is 2.95 bits per heavy atom. The molecule has 1 saturated carbocycles. The number of benzene rings is 1. The molecule has 1 heterocycles. The van der Waals surface area contributed by atoms with Crippen LogP contribution < -0.4 is 11.3 Å². The third kappa shape index (κ3) is 2.30. The minimum Gasteiger partial charge on any atom is -0.398 e. The first kappa shape index (κ1) is 11.1. The average molecular weight is 302 g/mol. The second kappa shape index (κ2) is 5.36. The van der Waals surface area contributed by atoms with Crippen molar-refractivity contribution in [2.24, 2.45) is 0 Å². The molecule has 0 amide bonds. The fraction of sp³-hybridized carbons (Fsp3) is 0.375. The molecule has 0 bridgehead atoms. The van der Waals surface area contributed by atoms with E-state index in [0.717, 1.165) is 4.57 Å². The van der Waals surface area contributed by atoms with Crippen LogP contribution in [0.15, 0.2) is 23.0 Å². The molecule has 0 saturated heterocycles. The van der Waals surface area contributed by atoms with E-state index in [4.69, 9.17) is 9.85 Å². The van der Waals surface area contributed by atoms with Gasteiger partial charge in [-0.15, -0.1) is 0 Å². The van der Waals surface area contributed by atoms with Gasteiger partial charge in [-0.2, -0.15) is 0 Å². The van der Waals surface area contributed by atoms with Crippen LogP contribution in [0.25, 0.3) is 10.9 Å². The van der Waals surface area contributed by atoms with Gasteiger partial charge >= 0.3 is 0 Å². The van der Waals surface area contributed by atoms with Crippen LogP contribution in [0, 0.1) is 6.92 Å². The quantitative estimate of drug-likeness (QED) is 0.490. The number of aryl methyl sites for hydroxylation is 1. The molecule has 1 fully saturated rings. The summed E-state index contributed by atoms with van der Waals surface area (Å²) in [4.78, 5) is 41.7. The molecule has 6 nitrogen and oxygen atoms in total. The van der Waals surface area contributed by atoms with Crippen molar-refractivity contribution in [3.8, 4) is 0 Å². The van der Waals surface area contributed by atoms with Crippen molar-refractivity contribution in [1.29, 1.82) is 0 Å². The molecule has 0 aliphatic heterocycles. The largest absolute Gasteiger partial charge is 0.398 e. The van der Waals surface area contributed by atoms with E-state index in [-0.39, 0.29) is 29.7 Å². The molecule has 2 aromatic rings. The Morgan fingerprint density at radius 1 is 1.41 bits per heavy atom. The van der Waals surface area contributed by atoms with Crippen molar-refractivity contribution in [3.63, 3.8) is 0 Å². The maximum atomic E-state index is 13.0. The second-order valence-electron chi connectivity index (χ2n) is 5.19. The monoisotopic (exact) mass is 302 g/mol. The van der Waals surface area contributed by atoms with E-state index in [1.807, 2.05) is 0 Å². The van der Waals surface area contributed by atoms with Crippen molar-refractivity contribution in [3.05, 3.63) is 34.4 Å². The van der Waals surface area contributed by atoms with Gasteiger partial charge in [0.25, 0.3) is 5.56 Å². The molecule has 1 aromatic heterocycles. The molecule has 3 rings (SSSR count). The summed E-state index contributed by atoms with van der Waals surface area (Å²) in [6, 6.07) is 2.69. The van der Waals surface area contributed by atoms with Gasteiger partial charge in [0.2, 0.25) is 0 Å². The predicted molar refractivity (Wildman–Crippen MR) is 82.7 cm³/mol. The molecule has 0 radical (unpaired) electrons. The van der Waals surface area contributed by atoms with Gasteiger partial charge in [-0.25, -0.2) is 4.98 Å². The number of nitrogens with zero attached hydrogens (tertiary/aromatic N) is 2. The highest BCUT2D eigenvalue weighted by Crippen LogP contribution is 2.24. The van der Waals surface area contributed by atoms with Crippen LogP contribution in [0.4, 0.5) is 5.69 Å². The molecule has 1 aliphatic carbocycles. The molecular weight excluding hydrogens is 282 g/mol. The summed E-state index contributed by atoms with van der Waals surface area (Å²) in [5.74, 6) is -1.55. The Bertz CT molecular complexity index is 970. The lowest BCUT2D eigenvalue weighted by Crippen LogP contribution is -2.32. The molecule has 1 atom stereocenters. The molecule has 22 heavy (non-hydrogen) atoms. The lowest BCUT2D eigenvalue weighted by atomic mass is 10.1. The van der Waals surface area contributed by atoms with E-state index >= 15 is 0 Å². The van der Waals surface area contributed by atoms with E-state index in [1.54, 1.807) is 12.1 Å². The Balaban J connectivity index is 2.28. The van der Waals surface area contributed by atoms with Crippen LogP contribution in [0.5, 0.6) is 0 Å². The number of fused-ring (bicyclic) bond motifs is 1. The summed E-state index contributed by atoms with van der Waals surface area (Å²) >= 11 is 0. The van der Waals surface area contributed by atoms with E-state index in [2.05, 4.69) is 4.98 Å². The zero-order chi connectivity index (χ0) is 18.6. The molecule has 1 aliphatic rings. The molecule has 114 valence electrons. The van der Waals surface area contributed by atoms with Crippen molar-refractivity contribution in [2.45, 2.75) is 38.6 Å². The second-order valence-corrected chi connectivity index (χ2v) is 5.19. The number of aromatic nitrogens is 2. The summed E-state index contributed by atoms with van der Waals surface area (Å²) in [5.41, 5.74) is 5.76. The van der Waals surface area contributed by atoms with Crippen LogP contribution in [0.1, 0.15) is 41.6 Å². The summed E-state index contributed by atoms with van der Waals surface area (Å²) in [6.45, 7) is 1.49. The minimum absolute atomic E-state index is 0.103. The Kier molecular flexibility index (Phi) is 2.71. The number of Topliss-reactive ketones (excluding diaryl/α,β-unsaturated/α-hetero) is 2. The van der Waals surface area contributed by atoms with Gasteiger partial charge in [-0.05, 0) is 31.9 Å². The van der Waals surface area contributed by atoms with Crippen molar-refractivity contribution in [1.82, 2.24) is 9.55 Å². The third-order valence-corrected chi connectivity index (χ3v) is 3.69. The van der Waals surface area contributed by atoms with Gasteiger partial charge in [-0.3, -0.25) is 19.0 Å². The Morgan fingerprint density at radius 2 is 2.18 bits per heavy atom. The van der Waals surface area contributed by atoms with E-state index < -0.39 is 35.9 Å². The predicted octanol–water partition coefficient (Wildman–Crippen LogP) is 1.54. The summed E-state index contributed by atoms with van der Waals surface area (Å²) in [6.07, 6.45) is -3.55. The SMILES string of the molecule is [2H]C1([2H])CC[C@@]([2H])(n2c(C)nc3cccc(N)c3c2=O)C(=O)CC1=O. The Hall–Kier alpha value is -2.50. The Labute approximate surface area is 131 Å². The van der Waals surface area contributed by atoms with Crippen LogP contribution in [0.2, 0.25) is 0 Å². The first-order chi connectivity index (χ1) is 11.6. The first-order valence-corrected chi connectivity index (χ1v) is 6.93. The van der Waals surface area contributed by atoms with Crippen molar-refractivity contribution < 1.29 is 13.7 Å². The minimum atomic E-state index is -2.20. The molecule has 2 N–H and O–H groups in total. The number of nitrogens with two attached hydrogens (primary N) is 1. The van der Waals surface area contributed by atoms with E-state index in [9.17, 15) is 14.4 Å². The number of carbonyl (C=O) groups is 2. The van der Waals surface area contributed by atoms with Gasteiger partial charge < -0.3 is 5.73 Å². The zero-order valence-corrected chi connectivity index (χ0v) is 12.0. The standard InChI is InChI=1S/C16H17N3O3/c1-9-18-12-6-3-5-11(17)15(12)16(22)19(9)13-7-2-4-10(20)8-14(13)21/h3,5-6,13H,2,4,7-8,17H2,1H3/t13-/m1/s1/i4D2,13D. The topological polar surface area (TPSA) is 95.1 Å². The van der Waals surface area contributed by atoms with Crippen molar-refractivity contribution >= 4 is 28.2 Å². The number of nitrogen functional groups attached to an aromatic ring is 1. The lowest BCUT2D eigenvalue weighted by Gasteiger charge is -2.19. The van der Waals surface area contributed by atoms with Crippen LogP contribution in [-0.4, -0.2) is 21.1 Å². The molecular formula is C16H17N3O3. The summed E-state index contributed by atoms with van der Waals surface area (Å²) < 4.78 is 25.0. The fourth-order valence-corrected chi connectivity index (χ4v) is 2.69. The van der Waals surface area contributed by atoms with Crippen LogP contribution >= 0.6 is 0 Å². The number of ketones is 2. The molecule has 1 aromatic carbocycles. The van der Waals surface area contributed by atoms with Gasteiger partial charge in [0.1, 0.15) is 11.6 Å². The third-order valence-electron chi connectivity index (χ3n) is 3.69. The number of hydrogen-bond acceptors (Lipinski definition) is 5. The smallest absolute Gasteiger partial charge is 0.264 e. The lowest BCUT2D eigenvalue weighted by molar-refractivity contribution is -0.127. The maximum Gasteiger partial charge on any atom is 0.264 e. The van der Waals surface area contributed by atoms with Gasteiger partial charge in [0.05, 0.1) is 24.7 Å². The van der Waals surface area contributed by atoms with Gasteiger partial charge in [0.15, 0.2) is 5.78 Å². The molecule has 6 heteroatoms. The van der Waals surface area contributed by atoms with Gasteiger partial charge in [0, 0.05) is 14.8 Å². The highest BCUT2D eigenvalue weighted by Gasteiger charge is 2.28. The number of anilines is 1. The summed E-state index contributed by atoms with van der Waals surface area (Å²) in [5, 5.41) is 0.103. The van der Waals surface area contributed by atoms with Crippen molar-refractivity contribution in [2.75, 3.05) is 5.73 Å². The van der Waals surface area contributed by atoms with Crippen LogP contribution in [0.3, 0.4) is 0 Å². The fourth-order valence-electron chi connectivity index (χ4n) is 2.69. The number of carbonyl (C=O) groups excluding carboxylic acids is 2. The molecule has 0 unspecified atom stereocenters. The highest BCUT2D eigenvalue weighted by atomic mass is 16.2.